The molecule has 0 saturated carbocycles. The molecular weight excluding hydrogens is 238 g/mol. The molecule has 0 unspecified atom stereocenters. The minimum absolute atomic E-state index is 0.139. The molecule has 2 rings (SSSR count). The van der Waals surface area contributed by atoms with E-state index in [1.54, 1.807) is 0 Å². The number of nitrogens with one attached hydrogen (secondary N) is 1. The summed E-state index contributed by atoms with van der Waals surface area (Å²) in [5.41, 5.74) is 1.27. The predicted molar refractivity (Wildman–Crippen MR) is 77.1 cm³/mol. The zero-order valence-corrected chi connectivity index (χ0v) is 11.6. The van der Waals surface area contributed by atoms with Crippen molar-refractivity contribution in [2.75, 3.05) is 46.3 Å². The van der Waals surface area contributed by atoms with E-state index in [0.717, 1.165) is 39.1 Å². The van der Waals surface area contributed by atoms with Crippen LogP contribution in [0.25, 0.3) is 0 Å². The lowest BCUT2D eigenvalue weighted by atomic mass is 10.1. The molecule has 0 bridgehead atoms. The number of hydrogen-bond acceptors (Lipinski definition) is 3. The summed E-state index contributed by atoms with van der Waals surface area (Å²) in [6, 6.07) is 10.2. The smallest absolute Gasteiger partial charge is 0.234 e. The van der Waals surface area contributed by atoms with E-state index < -0.39 is 0 Å². The third-order valence-corrected chi connectivity index (χ3v) is 3.54. The van der Waals surface area contributed by atoms with Crippen molar-refractivity contribution in [3.05, 3.63) is 35.9 Å². The number of likely N-dealkylation sites (N-methyl/N-ethyl adjacent to an activating group) is 1. The van der Waals surface area contributed by atoms with Crippen molar-refractivity contribution in [1.29, 1.82) is 0 Å². The molecule has 1 aliphatic rings. The van der Waals surface area contributed by atoms with Crippen LogP contribution >= 0.6 is 0 Å². The number of nitrogens with zero attached hydrogens (tertiary/aromatic N) is 2. The van der Waals surface area contributed by atoms with Gasteiger partial charge in [-0.05, 0) is 19.0 Å². The van der Waals surface area contributed by atoms with E-state index in [-0.39, 0.29) is 5.91 Å². The first kappa shape index (κ1) is 14.0. The number of benzene rings is 1. The van der Waals surface area contributed by atoms with Crippen LogP contribution in [-0.4, -0.2) is 62.0 Å². The van der Waals surface area contributed by atoms with E-state index in [1.807, 2.05) is 18.2 Å². The molecular formula is C15H23N3O. The van der Waals surface area contributed by atoms with Crippen molar-refractivity contribution in [1.82, 2.24) is 15.1 Å². The Hall–Kier alpha value is -1.39. The van der Waals surface area contributed by atoms with Crippen LogP contribution in [0.3, 0.4) is 0 Å². The van der Waals surface area contributed by atoms with E-state index in [9.17, 15) is 4.79 Å². The van der Waals surface area contributed by atoms with Crippen molar-refractivity contribution in [3.8, 4) is 0 Å². The normalized spacial score (nSPS) is 17.3. The second-order valence-corrected chi connectivity index (χ2v) is 5.16. The molecule has 19 heavy (non-hydrogen) atoms. The van der Waals surface area contributed by atoms with Gasteiger partial charge in [-0.25, -0.2) is 0 Å². The Morgan fingerprint density at radius 3 is 2.53 bits per heavy atom. The van der Waals surface area contributed by atoms with E-state index in [4.69, 9.17) is 0 Å². The van der Waals surface area contributed by atoms with Gasteiger partial charge in [-0.2, -0.15) is 0 Å². The summed E-state index contributed by atoms with van der Waals surface area (Å²) in [7, 11) is 2.12. The molecule has 0 radical (unpaired) electrons. The van der Waals surface area contributed by atoms with Gasteiger partial charge >= 0.3 is 0 Å². The maximum atomic E-state index is 11.8. The van der Waals surface area contributed by atoms with Crippen LogP contribution in [0.2, 0.25) is 0 Å². The lowest BCUT2D eigenvalue weighted by molar-refractivity contribution is -0.122. The van der Waals surface area contributed by atoms with Crippen LogP contribution in [0, 0.1) is 0 Å². The van der Waals surface area contributed by atoms with Crippen molar-refractivity contribution in [2.45, 2.75) is 6.42 Å². The number of carbonyl (C=O) groups is 1. The van der Waals surface area contributed by atoms with Crippen molar-refractivity contribution in [3.63, 3.8) is 0 Å². The Bertz CT molecular complexity index is 386. The first-order valence-electron chi connectivity index (χ1n) is 6.95. The highest BCUT2D eigenvalue weighted by Gasteiger charge is 2.15. The summed E-state index contributed by atoms with van der Waals surface area (Å²) >= 11 is 0. The molecule has 1 heterocycles. The lowest BCUT2D eigenvalue weighted by Gasteiger charge is -2.31. The molecule has 4 heteroatoms. The molecule has 1 N–H and O–H groups in total. The largest absolute Gasteiger partial charge is 0.355 e. The fraction of sp³-hybridized carbons (Fsp3) is 0.533. The highest BCUT2D eigenvalue weighted by molar-refractivity contribution is 5.78. The van der Waals surface area contributed by atoms with Gasteiger partial charge in [0.2, 0.25) is 5.91 Å². The SMILES string of the molecule is CN1CCN(CC(=O)NCCc2ccccc2)CC1. The maximum Gasteiger partial charge on any atom is 0.234 e. The fourth-order valence-electron chi connectivity index (χ4n) is 2.26. The summed E-state index contributed by atoms with van der Waals surface area (Å²) in [5.74, 6) is 0.139. The van der Waals surface area contributed by atoms with Gasteiger partial charge in [-0.15, -0.1) is 0 Å². The third kappa shape index (κ3) is 5.01. The van der Waals surface area contributed by atoms with Crippen molar-refractivity contribution < 1.29 is 4.79 Å². The summed E-state index contributed by atoms with van der Waals surface area (Å²) in [6.07, 6.45) is 0.898. The van der Waals surface area contributed by atoms with Crippen LogP contribution < -0.4 is 5.32 Å². The summed E-state index contributed by atoms with van der Waals surface area (Å²) < 4.78 is 0. The average molecular weight is 261 g/mol. The van der Waals surface area contributed by atoms with Crippen molar-refractivity contribution in [2.24, 2.45) is 0 Å². The first-order chi connectivity index (χ1) is 9.24. The number of hydrogen-bond donors (Lipinski definition) is 1. The Morgan fingerprint density at radius 2 is 1.84 bits per heavy atom. The monoisotopic (exact) mass is 261 g/mol. The summed E-state index contributed by atoms with van der Waals surface area (Å²) in [5, 5.41) is 3.00. The summed E-state index contributed by atoms with van der Waals surface area (Å²) in [6.45, 7) is 5.33. The zero-order chi connectivity index (χ0) is 13.5. The molecule has 1 saturated heterocycles. The van der Waals surface area contributed by atoms with Gasteiger partial charge in [0.25, 0.3) is 0 Å². The number of amides is 1. The lowest BCUT2D eigenvalue weighted by Crippen LogP contribution is -2.48. The Balaban J connectivity index is 1.62. The molecule has 0 aromatic heterocycles. The first-order valence-corrected chi connectivity index (χ1v) is 6.95. The molecule has 4 nitrogen and oxygen atoms in total. The van der Waals surface area contributed by atoms with Gasteiger partial charge in [0.15, 0.2) is 0 Å². The highest BCUT2D eigenvalue weighted by atomic mass is 16.2. The Kier molecular flexibility index (Phi) is 5.36. The van der Waals surface area contributed by atoms with Gasteiger partial charge in [-0.1, -0.05) is 30.3 Å². The standard InChI is InChI=1S/C15H23N3O/c1-17-9-11-18(12-10-17)13-15(19)16-8-7-14-5-3-2-4-6-14/h2-6H,7-13H2,1H3,(H,16,19). The van der Waals surface area contributed by atoms with Crippen LogP contribution in [0.15, 0.2) is 30.3 Å². The minimum atomic E-state index is 0.139. The molecule has 1 aromatic rings. The molecule has 0 atom stereocenters. The van der Waals surface area contributed by atoms with Crippen LogP contribution in [0.4, 0.5) is 0 Å². The average Bonchev–Trinajstić information content (AvgIpc) is 2.43. The van der Waals surface area contributed by atoms with Crippen LogP contribution in [0.5, 0.6) is 0 Å². The quantitative estimate of drug-likeness (QED) is 0.843. The molecule has 0 aliphatic carbocycles. The van der Waals surface area contributed by atoms with Crippen LogP contribution in [-0.2, 0) is 11.2 Å². The van der Waals surface area contributed by atoms with E-state index >= 15 is 0 Å². The van der Waals surface area contributed by atoms with Gasteiger partial charge < -0.3 is 10.2 Å². The second kappa shape index (κ2) is 7.26. The predicted octanol–water partition coefficient (Wildman–Crippen LogP) is 0.593. The Labute approximate surface area is 115 Å². The number of rotatable bonds is 5. The van der Waals surface area contributed by atoms with Crippen molar-refractivity contribution >= 4 is 5.91 Å². The molecule has 0 spiro atoms. The molecule has 1 aromatic carbocycles. The molecule has 1 fully saturated rings. The van der Waals surface area contributed by atoms with Gasteiger partial charge in [0.05, 0.1) is 6.54 Å². The molecule has 104 valence electrons. The van der Waals surface area contributed by atoms with E-state index in [2.05, 4.69) is 34.3 Å². The zero-order valence-electron chi connectivity index (χ0n) is 11.6. The topological polar surface area (TPSA) is 35.6 Å². The number of piperazine rings is 1. The minimum Gasteiger partial charge on any atom is -0.355 e. The third-order valence-electron chi connectivity index (χ3n) is 3.54. The molecule has 1 aliphatic heterocycles. The van der Waals surface area contributed by atoms with Gasteiger partial charge in [0.1, 0.15) is 0 Å². The maximum absolute atomic E-state index is 11.8. The second-order valence-electron chi connectivity index (χ2n) is 5.16. The van der Waals surface area contributed by atoms with Gasteiger partial charge in [0, 0.05) is 32.7 Å². The van der Waals surface area contributed by atoms with E-state index in [0.29, 0.717) is 6.54 Å². The molecule has 1 amide bonds. The summed E-state index contributed by atoms with van der Waals surface area (Å²) in [4.78, 5) is 16.3. The Morgan fingerprint density at radius 1 is 1.16 bits per heavy atom. The van der Waals surface area contributed by atoms with E-state index in [1.165, 1.54) is 5.56 Å². The van der Waals surface area contributed by atoms with Gasteiger partial charge in [-0.3, -0.25) is 9.69 Å². The highest BCUT2D eigenvalue weighted by Crippen LogP contribution is 1.99. The number of carbonyl (C=O) groups excluding carboxylic acids is 1. The fourth-order valence-corrected chi connectivity index (χ4v) is 2.26. The van der Waals surface area contributed by atoms with Crippen LogP contribution in [0.1, 0.15) is 5.56 Å².